The molecule has 3 saturated heterocycles. The predicted octanol–water partition coefficient (Wildman–Crippen LogP) is -1.34. The Morgan fingerprint density at radius 3 is 2.53 bits per heavy atom. The van der Waals surface area contributed by atoms with Gasteiger partial charge in [-0.15, -0.1) is 0 Å². The Hall–Kier alpha value is -0.200. The molecular weight excluding hydrogens is 198 g/mol. The highest BCUT2D eigenvalue weighted by atomic mass is 16.6. The van der Waals surface area contributed by atoms with Crippen LogP contribution in [0.4, 0.5) is 0 Å². The van der Waals surface area contributed by atoms with E-state index in [4.69, 9.17) is 4.74 Å². The van der Waals surface area contributed by atoms with Gasteiger partial charge in [-0.05, 0) is 19.8 Å². The maximum absolute atomic E-state index is 9.85. The van der Waals surface area contributed by atoms with Gasteiger partial charge in [-0.3, -0.25) is 4.90 Å². The van der Waals surface area contributed by atoms with Crippen molar-refractivity contribution in [1.29, 1.82) is 0 Å². The first-order chi connectivity index (χ1) is 7.06. The zero-order chi connectivity index (χ0) is 10.8. The SMILES string of the molecule is CC1OC12CC[C@@H](O)[C@@H]1[C@H](O)[C@H](O)CN12. The molecule has 3 heterocycles. The number of fused-ring (bicyclic) bond motifs is 2. The van der Waals surface area contributed by atoms with E-state index in [2.05, 4.69) is 0 Å². The van der Waals surface area contributed by atoms with E-state index in [1.54, 1.807) is 0 Å². The van der Waals surface area contributed by atoms with Crippen molar-refractivity contribution in [2.75, 3.05) is 6.54 Å². The summed E-state index contributed by atoms with van der Waals surface area (Å²) in [5, 5.41) is 29.3. The molecule has 3 N–H and O–H groups in total. The summed E-state index contributed by atoms with van der Waals surface area (Å²) >= 11 is 0. The van der Waals surface area contributed by atoms with Crippen molar-refractivity contribution >= 4 is 0 Å². The molecule has 1 spiro atoms. The summed E-state index contributed by atoms with van der Waals surface area (Å²) in [5.41, 5.74) is -0.317. The van der Waals surface area contributed by atoms with Gasteiger partial charge < -0.3 is 20.1 Å². The van der Waals surface area contributed by atoms with Gasteiger partial charge in [-0.25, -0.2) is 0 Å². The zero-order valence-electron chi connectivity index (χ0n) is 8.71. The predicted molar refractivity (Wildman–Crippen MR) is 51.0 cm³/mol. The topological polar surface area (TPSA) is 76.5 Å². The smallest absolute Gasteiger partial charge is 0.149 e. The molecule has 0 amide bonds. The second kappa shape index (κ2) is 2.93. The maximum Gasteiger partial charge on any atom is 0.149 e. The van der Waals surface area contributed by atoms with Crippen LogP contribution in [0.5, 0.6) is 0 Å². The minimum Gasteiger partial charge on any atom is -0.391 e. The van der Waals surface area contributed by atoms with E-state index in [1.165, 1.54) is 0 Å². The first-order valence-electron chi connectivity index (χ1n) is 5.55. The van der Waals surface area contributed by atoms with Crippen LogP contribution in [0.3, 0.4) is 0 Å². The Labute approximate surface area is 88.3 Å². The molecule has 0 radical (unpaired) electrons. The van der Waals surface area contributed by atoms with Gasteiger partial charge in [-0.2, -0.15) is 0 Å². The molecule has 0 saturated carbocycles. The highest BCUT2D eigenvalue weighted by molar-refractivity contribution is 5.12. The lowest BCUT2D eigenvalue weighted by atomic mass is 9.91. The standard InChI is InChI=1S/C10H17NO4/c1-5-10(15-5)3-2-6(12)8-9(14)7(13)4-11(8)10/h5-9,12-14H,2-4H2,1H3/t5?,6-,7-,8-,9-,10?/m1/s1. The van der Waals surface area contributed by atoms with E-state index in [-0.39, 0.29) is 17.9 Å². The summed E-state index contributed by atoms with van der Waals surface area (Å²) in [5.74, 6) is 0. The lowest BCUT2D eigenvalue weighted by Gasteiger charge is -2.39. The van der Waals surface area contributed by atoms with Crippen LogP contribution in [0.1, 0.15) is 19.8 Å². The molecule has 0 aromatic heterocycles. The third-order valence-electron chi connectivity index (χ3n) is 4.13. The van der Waals surface area contributed by atoms with Crippen LogP contribution >= 0.6 is 0 Å². The van der Waals surface area contributed by atoms with Crippen LogP contribution < -0.4 is 0 Å². The Bertz CT molecular complexity index is 287. The molecule has 2 unspecified atom stereocenters. The average molecular weight is 215 g/mol. The average Bonchev–Trinajstić information content (AvgIpc) is 2.73. The maximum atomic E-state index is 9.85. The van der Waals surface area contributed by atoms with Crippen molar-refractivity contribution in [2.45, 2.75) is 55.9 Å². The number of rotatable bonds is 0. The number of hydrogen-bond acceptors (Lipinski definition) is 5. The normalized spacial score (nSPS) is 59.6. The number of piperidine rings is 1. The molecule has 15 heavy (non-hydrogen) atoms. The molecular formula is C10H17NO4. The summed E-state index contributed by atoms with van der Waals surface area (Å²) in [6, 6.07) is -0.362. The molecule has 0 aromatic carbocycles. The molecule has 86 valence electrons. The number of ether oxygens (including phenoxy) is 1. The number of nitrogens with zero attached hydrogens (tertiary/aromatic N) is 1. The largest absolute Gasteiger partial charge is 0.391 e. The molecule has 5 nitrogen and oxygen atoms in total. The lowest BCUT2D eigenvalue weighted by Crippen LogP contribution is -2.56. The molecule has 3 fully saturated rings. The fourth-order valence-corrected chi connectivity index (χ4v) is 3.19. The Balaban J connectivity index is 1.90. The monoisotopic (exact) mass is 215 g/mol. The van der Waals surface area contributed by atoms with E-state index in [1.807, 2.05) is 11.8 Å². The lowest BCUT2D eigenvalue weighted by molar-refractivity contribution is -0.0776. The molecule has 3 aliphatic heterocycles. The highest BCUT2D eigenvalue weighted by Crippen LogP contribution is 2.50. The molecule has 0 aromatic rings. The number of aliphatic hydroxyl groups excluding tert-OH is 3. The highest BCUT2D eigenvalue weighted by Gasteiger charge is 2.66. The third kappa shape index (κ3) is 1.15. The fraction of sp³-hybridized carbons (Fsp3) is 1.00. The quantitative estimate of drug-likeness (QED) is 0.436. The van der Waals surface area contributed by atoms with Gasteiger partial charge in [0.15, 0.2) is 0 Å². The Kier molecular flexibility index (Phi) is 1.95. The molecule has 6 atom stereocenters. The van der Waals surface area contributed by atoms with Gasteiger partial charge in [0.05, 0.1) is 30.5 Å². The second-order valence-electron chi connectivity index (χ2n) is 4.91. The second-order valence-corrected chi connectivity index (χ2v) is 4.91. The van der Waals surface area contributed by atoms with Crippen LogP contribution in [-0.4, -0.2) is 62.9 Å². The van der Waals surface area contributed by atoms with Crippen molar-refractivity contribution in [2.24, 2.45) is 0 Å². The molecule has 3 aliphatic rings. The molecule has 0 bridgehead atoms. The van der Waals surface area contributed by atoms with Crippen LogP contribution in [0.25, 0.3) is 0 Å². The molecule has 5 heteroatoms. The summed E-state index contributed by atoms with van der Waals surface area (Å²) < 4.78 is 5.60. The minimum absolute atomic E-state index is 0.144. The van der Waals surface area contributed by atoms with Crippen molar-refractivity contribution in [1.82, 2.24) is 4.90 Å². The number of epoxide rings is 1. The zero-order valence-corrected chi connectivity index (χ0v) is 8.71. The van der Waals surface area contributed by atoms with Crippen LogP contribution in [0.2, 0.25) is 0 Å². The van der Waals surface area contributed by atoms with Gasteiger partial charge in [-0.1, -0.05) is 0 Å². The van der Waals surface area contributed by atoms with Crippen molar-refractivity contribution in [3.8, 4) is 0 Å². The first-order valence-corrected chi connectivity index (χ1v) is 5.55. The van der Waals surface area contributed by atoms with E-state index in [0.717, 1.165) is 6.42 Å². The number of aliphatic hydroxyl groups is 3. The van der Waals surface area contributed by atoms with E-state index in [0.29, 0.717) is 13.0 Å². The molecule has 3 rings (SSSR count). The van der Waals surface area contributed by atoms with Crippen molar-refractivity contribution < 1.29 is 20.1 Å². The van der Waals surface area contributed by atoms with E-state index >= 15 is 0 Å². The van der Waals surface area contributed by atoms with Gasteiger partial charge in [0.2, 0.25) is 0 Å². The Morgan fingerprint density at radius 2 is 1.93 bits per heavy atom. The Morgan fingerprint density at radius 1 is 1.27 bits per heavy atom. The number of hydrogen-bond donors (Lipinski definition) is 3. The summed E-state index contributed by atoms with van der Waals surface area (Å²) in [6.07, 6.45) is -0.616. The van der Waals surface area contributed by atoms with E-state index in [9.17, 15) is 15.3 Å². The summed E-state index contributed by atoms with van der Waals surface area (Å²) in [6.45, 7) is 2.39. The van der Waals surface area contributed by atoms with Crippen molar-refractivity contribution in [3.63, 3.8) is 0 Å². The third-order valence-corrected chi connectivity index (χ3v) is 4.13. The van der Waals surface area contributed by atoms with Crippen LogP contribution in [0, 0.1) is 0 Å². The van der Waals surface area contributed by atoms with Crippen LogP contribution in [-0.2, 0) is 4.74 Å². The minimum atomic E-state index is -0.853. The van der Waals surface area contributed by atoms with Crippen molar-refractivity contribution in [3.05, 3.63) is 0 Å². The van der Waals surface area contributed by atoms with Gasteiger partial charge in [0.1, 0.15) is 5.72 Å². The fourth-order valence-electron chi connectivity index (χ4n) is 3.19. The molecule has 0 aliphatic carbocycles. The van der Waals surface area contributed by atoms with E-state index < -0.39 is 18.3 Å². The van der Waals surface area contributed by atoms with Gasteiger partial charge >= 0.3 is 0 Å². The van der Waals surface area contributed by atoms with Gasteiger partial charge in [0, 0.05) is 6.54 Å². The van der Waals surface area contributed by atoms with Crippen LogP contribution in [0.15, 0.2) is 0 Å². The summed E-state index contributed by atoms with van der Waals surface area (Å²) in [4.78, 5) is 1.95. The first kappa shape index (κ1) is 9.99. The van der Waals surface area contributed by atoms with Gasteiger partial charge in [0.25, 0.3) is 0 Å². The summed E-state index contributed by atoms with van der Waals surface area (Å²) in [7, 11) is 0.